The third-order valence-electron chi connectivity index (χ3n) is 5.27. The van der Waals surface area contributed by atoms with Crippen molar-refractivity contribution in [2.75, 3.05) is 6.54 Å². The smallest absolute Gasteiger partial charge is 0.277 e. The first kappa shape index (κ1) is 15.7. The molecular weight excluding hydrogens is 338 g/mol. The number of aromatic nitrogens is 3. The van der Waals surface area contributed by atoms with Gasteiger partial charge < -0.3 is 0 Å². The minimum atomic E-state index is -0.846. The molecule has 26 heavy (non-hydrogen) atoms. The van der Waals surface area contributed by atoms with Gasteiger partial charge >= 0.3 is 0 Å². The summed E-state index contributed by atoms with van der Waals surface area (Å²) in [7, 11) is 0. The summed E-state index contributed by atoms with van der Waals surface area (Å²) in [6.07, 6.45) is 2.99. The lowest BCUT2D eigenvalue weighted by atomic mass is 10.1. The first-order valence-corrected chi connectivity index (χ1v) is 8.88. The molecule has 134 valence electrons. The number of rotatable bonds is 3. The van der Waals surface area contributed by atoms with E-state index >= 15 is 0 Å². The number of aromatic amines is 1. The van der Waals surface area contributed by atoms with Crippen molar-refractivity contribution in [1.82, 2.24) is 19.5 Å². The van der Waals surface area contributed by atoms with Crippen molar-refractivity contribution < 1.29 is 8.78 Å². The lowest BCUT2D eigenvalue weighted by Gasteiger charge is -2.27. The zero-order valence-corrected chi connectivity index (χ0v) is 14.1. The molecule has 2 aromatic heterocycles. The van der Waals surface area contributed by atoms with Crippen molar-refractivity contribution in [3.05, 3.63) is 68.8 Å². The third kappa shape index (κ3) is 2.63. The molecule has 1 N–H and O–H groups in total. The Labute approximate surface area is 148 Å². The minimum absolute atomic E-state index is 0.0631. The van der Waals surface area contributed by atoms with Crippen molar-refractivity contribution in [1.29, 1.82) is 0 Å². The van der Waals surface area contributed by atoms with Gasteiger partial charge in [-0.15, -0.1) is 0 Å². The van der Waals surface area contributed by atoms with Gasteiger partial charge in [0.05, 0.1) is 11.3 Å². The topological polar surface area (TPSA) is 53.4 Å². The number of benzene rings is 1. The second kappa shape index (κ2) is 5.74. The van der Waals surface area contributed by atoms with Gasteiger partial charge in [-0.3, -0.25) is 14.8 Å². The van der Waals surface area contributed by atoms with Crippen LogP contribution < -0.4 is 5.56 Å². The molecule has 0 spiro atoms. The maximum Gasteiger partial charge on any atom is 0.277 e. The van der Waals surface area contributed by atoms with Crippen molar-refractivity contribution in [2.45, 2.75) is 38.3 Å². The predicted octanol–water partition coefficient (Wildman–Crippen LogP) is 2.74. The highest BCUT2D eigenvalue weighted by molar-refractivity contribution is 5.43. The van der Waals surface area contributed by atoms with E-state index < -0.39 is 11.6 Å². The lowest BCUT2D eigenvalue weighted by Crippen LogP contribution is -2.36. The molecule has 0 unspecified atom stereocenters. The Balaban J connectivity index is 1.45. The number of nitrogens with zero attached hydrogens (tertiary/aromatic N) is 3. The van der Waals surface area contributed by atoms with E-state index in [0.717, 1.165) is 36.8 Å². The lowest BCUT2D eigenvalue weighted by molar-refractivity contribution is 0.241. The van der Waals surface area contributed by atoms with Gasteiger partial charge in [-0.1, -0.05) is 6.07 Å². The predicted molar refractivity (Wildman–Crippen MR) is 92.0 cm³/mol. The van der Waals surface area contributed by atoms with Crippen LogP contribution in [0.5, 0.6) is 0 Å². The average molecular weight is 356 g/mol. The van der Waals surface area contributed by atoms with Gasteiger partial charge in [0.25, 0.3) is 5.56 Å². The summed E-state index contributed by atoms with van der Waals surface area (Å²) in [5.74, 6) is -1.17. The fraction of sp³-hybridized carbons (Fsp3) is 0.368. The summed E-state index contributed by atoms with van der Waals surface area (Å²) in [5.41, 5.74) is 3.92. The van der Waals surface area contributed by atoms with E-state index in [1.807, 2.05) is 6.07 Å². The van der Waals surface area contributed by atoms with Crippen molar-refractivity contribution in [3.63, 3.8) is 0 Å². The Morgan fingerprint density at radius 3 is 2.81 bits per heavy atom. The molecule has 1 aliphatic carbocycles. The van der Waals surface area contributed by atoms with E-state index in [-0.39, 0.29) is 5.56 Å². The van der Waals surface area contributed by atoms with Crippen molar-refractivity contribution in [2.24, 2.45) is 0 Å². The molecule has 1 aliphatic heterocycles. The molecule has 1 saturated carbocycles. The normalized spacial score (nSPS) is 17.6. The fourth-order valence-corrected chi connectivity index (χ4v) is 3.69. The van der Waals surface area contributed by atoms with E-state index in [4.69, 9.17) is 0 Å². The van der Waals surface area contributed by atoms with Gasteiger partial charge in [0.1, 0.15) is 0 Å². The highest BCUT2D eigenvalue weighted by atomic mass is 19.2. The van der Waals surface area contributed by atoms with E-state index in [1.165, 1.54) is 10.6 Å². The van der Waals surface area contributed by atoms with Gasteiger partial charge in [-0.05, 0) is 30.5 Å². The Morgan fingerprint density at radius 1 is 1.19 bits per heavy atom. The largest absolute Gasteiger partial charge is 0.294 e. The monoisotopic (exact) mass is 356 g/mol. The highest BCUT2D eigenvalue weighted by Gasteiger charge is 2.27. The molecule has 0 atom stereocenters. The zero-order chi connectivity index (χ0) is 17.8. The molecule has 2 aliphatic rings. The number of H-pyrrole nitrogens is 1. The van der Waals surface area contributed by atoms with Gasteiger partial charge in [0.15, 0.2) is 17.3 Å². The highest BCUT2D eigenvalue weighted by Crippen LogP contribution is 2.39. The van der Waals surface area contributed by atoms with Gasteiger partial charge in [0, 0.05) is 43.7 Å². The second-order valence-corrected chi connectivity index (χ2v) is 7.23. The summed E-state index contributed by atoms with van der Waals surface area (Å²) >= 11 is 0. The third-order valence-corrected chi connectivity index (χ3v) is 5.27. The van der Waals surface area contributed by atoms with Crippen LogP contribution in [-0.4, -0.2) is 26.0 Å². The van der Waals surface area contributed by atoms with Crippen LogP contribution in [0.4, 0.5) is 8.78 Å². The van der Waals surface area contributed by atoms with E-state index in [9.17, 15) is 13.6 Å². The zero-order valence-electron chi connectivity index (χ0n) is 14.1. The fourth-order valence-electron chi connectivity index (χ4n) is 3.69. The van der Waals surface area contributed by atoms with Gasteiger partial charge in [-0.25, -0.2) is 18.3 Å². The molecule has 0 radical (unpaired) electrons. The molecule has 1 aromatic carbocycles. The van der Waals surface area contributed by atoms with Crippen molar-refractivity contribution in [3.8, 4) is 0 Å². The molecule has 3 aromatic rings. The summed E-state index contributed by atoms with van der Waals surface area (Å²) < 4.78 is 28.1. The molecular formula is C19H18F2N4O. The van der Waals surface area contributed by atoms with Crippen LogP contribution >= 0.6 is 0 Å². The standard InChI is InChI=1S/C19H18F2N4O/c20-14-4-1-11(7-15(14)21)9-24-6-5-16-13(10-24)19(26)25-18(22-16)8-17(23-25)12-2-3-12/h1,4,7-8,12,23H,2-3,5-6,9-10H2. The quantitative estimate of drug-likeness (QED) is 0.785. The van der Waals surface area contributed by atoms with Crippen LogP contribution in [0.3, 0.4) is 0 Å². The molecule has 0 amide bonds. The Bertz CT molecular complexity index is 1070. The summed E-state index contributed by atoms with van der Waals surface area (Å²) in [6, 6.07) is 5.91. The second-order valence-electron chi connectivity index (χ2n) is 7.23. The summed E-state index contributed by atoms with van der Waals surface area (Å²) in [5, 5.41) is 3.19. The first-order chi connectivity index (χ1) is 12.6. The van der Waals surface area contributed by atoms with Crippen LogP contribution in [0.2, 0.25) is 0 Å². The SMILES string of the molecule is O=c1c2c(nc3cc(C4CC4)[nH]n13)CCN(Cc1ccc(F)c(F)c1)C2. The van der Waals surface area contributed by atoms with E-state index in [2.05, 4.69) is 15.0 Å². The van der Waals surface area contributed by atoms with Gasteiger partial charge in [0.2, 0.25) is 0 Å². The number of hydrogen-bond acceptors (Lipinski definition) is 3. The van der Waals surface area contributed by atoms with E-state index in [1.54, 1.807) is 6.07 Å². The Hall–Kier alpha value is -2.54. The molecule has 0 bridgehead atoms. The summed E-state index contributed by atoms with van der Waals surface area (Å²) in [6.45, 7) is 1.66. The summed E-state index contributed by atoms with van der Waals surface area (Å²) in [4.78, 5) is 19.6. The maximum atomic E-state index is 13.4. The van der Waals surface area contributed by atoms with Crippen LogP contribution in [0.1, 0.15) is 41.3 Å². The van der Waals surface area contributed by atoms with Crippen molar-refractivity contribution >= 4 is 5.65 Å². The first-order valence-electron chi connectivity index (χ1n) is 8.88. The van der Waals surface area contributed by atoms with Gasteiger partial charge in [-0.2, -0.15) is 0 Å². The number of hydrogen-bond donors (Lipinski definition) is 1. The number of halogens is 2. The Morgan fingerprint density at radius 2 is 2.04 bits per heavy atom. The van der Waals surface area contributed by atoms with Crippen LogP contribution in [0, 0.1) is 11.6 Å². The van der Waals surface area contributed by atoms with E-state index in [0.29, 0.717) is 42.2 Å². The van der Waals surface area contributed by atoms with Crippen LogP contribution in [-0.2, 0) is 19.5 Å². The number of fused-ring (bicyclic) bond motifs is 2. The average Bonchev–Trinajstić information content (AvgIpc) is 3.39. The number of nitrogens with one attached hydrogen (secondary N) is 1. The maximum absolute atomic E-state index is 13.4. The minimum Gasteiger partial charge on any atom is -0.294 e. The Kier molecular flexibility index (Phi) is 3.46. The molecule has 0 saturated heterocycles. The molecule has 1 fully saturated rings. The molecule has 5 rings (SSSR count). The molecule has 3 heterocycles. The van der Waals surface area contributed by atoms with Crippen LogP contribution in [0.15, 0.2) is 29.1 Å². The van der Waals surface area contributed by atoms with Crippen LogP contribution in [0.25, 0.3) is 5.65 Å². The molecule has 7 heteroatoms. The molecule has 5 nitrogen and oxygen atoms in total.